The van der Waals surface area contributed by atoms with E-state index in [1.54, 1.807) is 11.3 Å². The molecule has 1 fully saturated rings. The number of likely N-dealkylation sites (N-methyl/N-ethyl adjacent to an activating group) is 1. The average molecular weight is 310 g/mol. The van der Waals surface area contributed by atoms with Crippen molar-refractivity contribution >= 4 is 17.2 Å². The van der Waals surface area contributed by atoms with E-state index in [1.165, 1.54) is 0 Å². The Morgan fingerprint density at radius 1 is 1.57 bits per heavy atom. The SMILES string of the molecule is Cc1csc([C@@H](C)CNC(=O)CN(C)C2CCNCC2)n1. The Bertz CT molecular complexity index is 456. The van der Waals surface area contributed by atoms with Gasteiger partial charge in [-0.2, -0.15) is 0 Å². The third-order valence-electron chi connectivity index (χ3n) is 3.99. The van der Waals surface area contributed by atoms with Crippen LogP contribution in [-0.2, 0) is 4.79 Å². The molecule has 0 unspecified atom stereocenters. The highest BCUT2D eigenvalue weighted by atomic mass is 32.1. The van der Waals surface area contributed by atoms with Crippen LogP contribution < -0.4 is 10.6 Å². The van der Waals surface area contributed by atoms with Crippen molar-refractivity contribution in [1.82, 2.24) is 20.5 Å². The van der Waals surface area contributed by atoms with Gasteiger partial charge in [0, 0.05) is 29.6 Å². The van der Waals surface area contributed by atoms with E-state index < -0.39 is 0 Å². The predicted octanol–water partition coefficient (Wildman–Crippen LogP) is 1.36. The molecule has 0 bridgehead atoms. The number of thiazole rings is 1. The van der Waals surface area contributed by atoms with Gasteiger partial charge in [0.2, 0.25) is 5.91 Å². The van der Waals surface area contributed by atoms with Gasteiger partial charge in [-0.15, -0.1) is 11.3 Å². The van der Waals surface area contributed by atoms with E-state index in [2.05, 4.69) is 32.8 Å². The fourth-order valence-corrected chi connectivity index (χ4v) is 3.47. The van der Waals surface area contributed by atoms with Crippen LogP contribution in [0.2, 0.25) is 0 Å². The minimum atomic E-state index is 0.108. The van der Waals surface area contributed by atoms with Crippen LogP contribution in [0.5, 0.6) is 0 Å². The van der Waals surface area contributed by atoms with Gasteiger partial charge >= 0.3 is 0 Å². The van der Waals surface area contributed by atoms with Crippen molar-refractivity contribution in [1.29, 1.82) is 0 Å². The standard InChI is InChI=1S/C15H26N4OS/c1-11(15-18-12(2)10-21-15)8-17-14(20)9-19(3)13-4-6-16-7-5-13/h10-11,13,16H,4-9H2,1-3H3,(H,17,20)/t11-/m0/s1. The summed E-state index contributed by atoms with van der Waals surface area (Å²) in [6.45, 7) is 7.35. The summed E-state index contributed by atoms with van der Waals surface area (Å²) in [5, 5.41) is 9.53. The molecule has 1 saturated heterocycles. The van der Waals surface area contributed by atoms with Crippen molar-refractivity contribution in [2.75, 3.05) is 33.2 Å². The van der Waals surface area contributed by atoms with Crippen LogP contribution in [0, 0.1) is 6.92 Å². The minimum Gasteiger partial charge on any atom is -0.354 e. The molecule has 1 amide bonds. The van der Waals surface area contributed by atoms with Gasteiger partial charge in [0.25, 0.3) is 0 Å². The molecule has 1 aliphatic rings. The first kappa shape index (κ1) is 16.4. The first-order valence-corrected chi connectivity index (χ1v) is 8.54. The molecule has 118 valence electrons. The highest BCUT2D eigenvalue weighted by Crippen LogP contribution is 2.18. The van der Waals surface area contributed by atoms with Crippen LogP contribution in [0.15, 0.2) is 5.38 Å². The van der Waals surface area contributed by atoms with Crippen molar-refractivity contribution in [2.45, 2.75) is 38.6 Å². The van der Waals surface area contributed by atoms with Crippen LogP contribution in [0.3, 0.4) is 0 Å². The molecule has 1 aliphatic heterocycles. The van der Waals surface area contributed by atoms with E-state index in [0.29, 0.717) is 19.1 Å². The summed E-state index contributed by atoms with van der Waals surface area (Å²) < 4.78 is 0. The van der Waals surface area contributed by atoms with E-state index in [1.807, 2.05) is 14.0 Å². The second-order valence-electron chi connectivity index (χ2n) is 5.93. The lowest BCUT2D eigenvalue weighted by Crippen LogP contribution is -2.45. The topological polar surface area (TPSA) is 57.3 Å². The molecule has 5 nitrogen and oxygen atoms in total. The van der Waals surface area contributed by atoms with Crippen molar-refractivity contribution in [3.05, 3.63) is 16.1 Å². The molecule has 0 aromatic carbocycles. The maximum atomic E-state index is 12.1. The highest BCUT2D eigenvalue weighted by Gasteiger charge is 2.20. The van der Waals surface area contributed by atoms with E-state index in [9.17, 15) is 4.79 Å². The van der Waals surface area contributed by atoms with Gasteiger partial charge in [0.1, 0.15) is 0 Å². The number of hydrogen-bond donors (Lipinski definition) is 2. The minimum absolute atomic E-state index is 0.108. The van der Waals surface area contributed by atoms with Gasteiger partial charge < -0.3 is 10.6 Å². The summed E-state index contributed by atoms with van der Waals surface area (Å²) in [4.78, 5) is 18.7. The number of amides is 1. The summed E-state index contributed by atoms with van der Waals surface area (Å²) in [7, 11) is 2.04. The zero-order valence-corrected chi connectivity index (χ0v) is 14.0. The van der Waals surface area contributed by atoms with E-state index in [4.69, 9.17) is 0 Å². The number of aromatic nitrogens is 1. The summed E-state index contributed by atoms with van der Waals surface area (Å²) >= 11 is 1.67. The number of nitrogens with zero attached hydrogens (tertiary/aromatic N) is 2. The molecule has 2 rings (SSSR count). The third kappa shape index (κ3) is 5.05. The molecule has 21 heavy (non-hydrogen) atoms. The van der Waals surface area contributed by atoms with Gasteiger partial charge in [-0.1, -0.05) is 6.92 Å². The molecular weight excluding hydrogens is 284 g/mol. The molecule has 1 atom stereocenters. The number of hydrogen-bond acceptors (Lipinski definition) is 5. The van der Waals surface area contributed by atoms with E-state index in [-0.39, 0.29) is 11.8 Å². The molecule has 2 N–H and O–H groups in total. The first-order chi connectivity index (χ1) is 10.1. The molecule has 0 radical (unpaired) electrons. The van der Waals surface area contributed by atoms with Crippen molar-refractivity contribution < 1.29 is 4.79 Å². The van der Waals surface area contributed by atoms with Crippen molar-refractivity contribution in [3.63, 3.8) is 0 Å². The third-order valence-corrected chi connectivity index (χ3v) is 5.18. The predicted molar refractivity (Wildman–Crippen MR) is 86.8 cm³/mol. The second kappa shape index (κ2) is 7.87. The molecule has 6 heteroatoms. The van der Waals surface area contributed by atoms with Gasteiger partial charge in [-0.3, -0.25) is 9.69 Å². The normalized spacial score (nSPS) is 17.9. The number of piperidine rings is 1. The van der Waals surface area contributed by atoms with Crippen LogP contribution >= 0.6 is 11.3 Å². The molecule has 0 aliphatic carbocycles. The Hall–Kier alpha value is -0.980. The Labute approximate surface area is 131 Å². The van der Waals surface area contributed by atoms with E-state index >= 15 is 0 Å². The molecule has 2 heterocycles. The van der Waals surface area contributed by atoms with E-state index in [0.717, 1.165) is 36.6 Å². The fourth-order valence-electron chi connectivity index (χ4n) is 2.61. The van der Waals surface area contributed by atoms with Crippen molar-refractivity contribution in [2.24, 2.45) is 0 Å². The monoisotopic (exact) mass is 310 g/mol. The van der Waals surface area contributed by atoms with Gasteiger partial charge in [-0.25, -0.2) is 4.98 Å². The number of rotatable bonds is 6. The quantitative estimate of drug-likeness (QED) is 0.833. The van der Waals surface area contributed by atoms with Gasteiger partial charge in [0.15, 0.2) is 0 Å². The lowest BCUT2D eigenvalue weighted by atomic mass is 10.1. The highest BCUT2D eigenvalue weighted by molar-refractivity contribution is 7.09. The average Bonchev–Trinajstić information content (AvgIpc) is 2.92. The Balaban J connectivity index is 1.71. The smallest absolute Gasteiger partial charge is 0.234 e. The zero-order chi connectivity index (χ0) is 15.2. The van der Waals surface area contributed by atoms with Gasteiger partial charge in [0.05, 0.1) is 11.6 Å². The summed E-state index contributed by atoms with van der Waals surface area (Å²) in [6.07, 6.45) is 2.25. The lowest BCUT2D eigenvalue weighted by molar-refractivity contribution is -0.122. The zero-order valence-electron chi connectivity index (χ0n) is 13.2. The number of carbonyl (C=O) groups is 1. The molecule has 1 aromatic heterocycles. The van der Waals surface area contributed by atoms with Gasteiger partial charge in [-0.05, 0) is 39.9 Å². The molecule has 0 saturated carbocycles. The van der Waals surface area contributed by atoms with Crippen LogP contribution in [-0.4, -0.2) is 55.1 Å². The number of nitrogens with one attached hydrogen (secondary N) is 2. The van der Waals surface area contributed by atoms with Crippen molar-refractivity contribution in [3.8, 4) is 0 Å². The molecule has 1 aromatic rings. The Morgan fingerprint density at radius 3 is 2.90 bits per heavy atom. The fraction of sp³-hybridized carbons (Fsp3) is 0.733. The number of carbonyl (C=O) groups excluding carboxylic acids is 1. The number of aryl methyl sites for hydroxylation is 1. The Morgan fingerprint density at radius 2 is 2.29 bits per heavy atom. The Kier molecular flexibility index (Phi) is 6.14. The maximum Gasteiger partial charge on any atom is 0.234 e. The first-order valence-electron chi connectivity index (χ1n) is 7.66. The van der Waals surface area contributed by atoms with Crippen LogP contribution in [0.1, 0.15) is 36.4 Å². The maximum absolute atomic E-state index is 12.1. The second-order valence-corrected chi connectivity index (χ2v) is 6.82. The summed E-state index contributed by atoms with van der Waals surface area (Å²) in [5.41, 5.74) is 1.05. The lowest BCUT2D eigenvalue weighted by Gasteiger charge is -2.31. The summed E-state index contributed by atoms with van der Waals surface area (Å²) in [5.74, 6) is 0.382. The molecule has 0 spiro atoms. The largest absolute Gasteiger partial charge is 0.354 e. The van der Waals surface area contributed by atoms with Crippen LogP contribution in [0.4, 0.5) is 0 Å². The van der Waals surface area contributed by atoms with Crippen LogP contribution in [0.25, 0.3) is 0 Å². The molecular formula is C15H26N4OS. The summed E-state index contributed by atoms with van der Waals surface area (Å²) in [6, 6.07) is 0.524.